The van der Waals surface area contributed by atoms with Crippen molar-refractivity contribution in [2.24, 2.45) is 0 Å². The molecule has 0 atom stereocenters. The van der Waals surface area contributed by atoms with Gasteiger partial charge in [0.1, 0.15) is 0 Å². The number of para-hydroxylation sites is 1. The summed E-state index contributed by atoms with van der Waals surface area (Å²) >= 11 is 5.48. The summed E-state index contributed by atoms with van der Waals surface area (Å²) in [6.07, 6.45) is -4.49. The number of fused-ring (bicyclic) bond motifs is 1. The van der Waals surface area contributed by atoms with Crippen LogP contribution in [-0.4, -0.2) is 10.1 Å². The monoisotopic (exact) mass is 247 g/mol. The maximum Gasteiger partial charge on any atom is 0.418 e. The van der Waals surface area contributed by atoms with E-state index in [1.54, 1.807) is 0 Å². The van der Waals surface area contributed by atoms with Crippen molar-refractivity contribution in [3.05, 3.63) is 35.0 Å². The van der Waals surface area contributed by atoms with E-state index in [1.807, 2.05) is 0 Å². The predicted molar refractivity (Wildman–Crippen MR) is 53.4 cm³/mol. The second-order valence-electron chi connectivity index (χ2n) is 3.17. The molecule has 2 aromatic rings. The molecule has 0 radical (unpaired) electrons. The van der Waals surface area contributed by atoms with Crippen LogP contribution in [0.15, 0.2) is 24.3 Å². The summed E-state index contributed by atoms with van der Waals surface area (Å²) in [6.45, 7) is 0. The van der Waals surface area contributed by atoms with Crippen LogP contribution >= 0.6 is 11.6 Å². The van der Waals surface area contributed by atoms with Gasteiger partial charge in [-0.25, -0.2) is 4.98 Å². The first-order chi connectivity index (χ1) is 7.39. The standard InChI is InChI=1S/C10H5ClF3NO/c11-9-7(16)4-5-2-1-3-6(8(5)15-9)10(12,13)14/h1-4,16H. The summed E-state index contributed by atoms with van der Waals surface area (Å²) in [5.74, 6) is -0.339. The maximum absolute atomic E-state index is 12.6. The predicted octanol–water partition coefficient (Wildman–Crippen LogP) is 3.61. The highest BCUT2D eigenvalue weighted by Crippen LogP contribution is 2.36. The lowest BCUT2D eigenvalue weighted by Crippen LogP contribution is -2.06. The second kappa shape index (κ2) is 3.52. The van der Waals surface area contributed by atoms with E-state index in [-0.39, 0.29) is 21.8 Å². The molecule has 0 aliphatic carbocycles. The summed E-state index contributed by atoms with van der Waals surface area (Å²) in [5.41, 5.74) is -1.13. The molecule has 1 aromatic carbocycles. The zero-order valence-corrected chi connectivity index (χ0v) is 8.47. The number of halogens is 4. The smallest absolute Gasteiger partial charge is 0.418 e. The molecule has 0 aliphatic heterocycles. The van der Waals surface area contributed by atoms with Gasteiger partial charge in [-0.05, 0) is 12.1 Å². The number of aromatic hydroxyl groups is 1. The van der Waals surface area contributed by atoms with Gasteiger partial charge in [0.05, 0.1) is 11.1 Å². The molecule has 0 amide bonds. The van der Waals surface area contributed by atoms with E-state index < -0.39 is 11.7 Å². The lowest BCUT2D eigenvalue weighted by Gasteiger charge is -2.09. The lowest BCUT2D eigenvalue weighted by atomic mass is 10.1. The van der Waals surface area contributed by atoms with Crippen LogP contribution in [0.4, 0.5) is 13.2 Å². The Kier molecular flexibility index (Phi) is 2.42. The van der Waals surface area contributed by atoms with E-state index in [1.165, 1.54) is 12.1 Å². The van der Waals surface area contributed by atoms with Gasteiger partial charge in [0.2, 0.25) is 0 Å². The quantitative estimate of drug-likeness (QED) is 0.722. The summed E-state index contributed by atoms with van der Waals surface area (Å²) < 4.78 is 37.8. The van der Waals surface area contributed by atoms with Crippen molar-refractivity contribution in [1.29, 1.82) is 0 Å². The van der Waals surface area contributed by atoms with Crippen LogP contribution in [0.1, 0.15) is 5.56 Å². The van der Waals surface area contributed by atoms with Crippen LogP contribution in [0.5, 0.6) is 5.75 Å². The van der Waals surface area contributed by atoms with Crippen LogP contribution in [0.25, 0.3) is 10.9 Å². The number of aromatic nitrogens is 1. The van der Waals surface area contributed by atoms with Crippen molar-refractivity contribution in [2.75, 3.05) is 0 Å². The van der Waals surface area contributed by atoms with Gasteiger partial charge >= 0.3 is 6.18 Å². The molecule has 0 saturated heterocycles. The Labute approximate surface area is 93.3 Å². The largest absolute Gasteiger partial charge is 0.505 e. The number of alkyl halides is 3. The molecular weight excluding hydrogens is 243 g/mol. The fraction of sp³-hybridized carbons (Fsp3) is 0.100. The third-order valence-corrected chi connectivity index (χ3v) is 2.36. The molecule has 16 heavy (non-hydrogen) atoms. The molecular formula is C10H5ClF3NO. The third kappa shape index (κ3) is 1.78. The van der Waals surface area contributed by atoms with Gasteiger partial charge in [-0.2, -0.15) is 13.2 Å². The van der Waals surface area contributed by atoms with E-state index in [0.717, 1.165) is 12.1 Å². The van der Waals surface area contributed by atoms with E-state index in [0.29, 0.717) is 0 Å². The minimum atomic E-state index is -4.49. The van der Waals surface area contributed by atoms with Crippen molar-refractivity contribution < 1.29 is 18.3 Å². The van der Waals surface area contributed by atoms with Crippen molar-refractivity contribution in [2.45, 2.75) is 6.18 Å². The molecule has 84 valence electrons. The summed E-state index contributed by atoms with van der Waals surface area (Å²) in [5, 5.41) is 9.08. The van der Waals surface area contributed by atoms with Gasteiger partial charge in [0, 0.05) is 5.39 Å². The van der Waals surface area contributed by atoms with Crippen molar-refractivity contribution >= 4 is 22.5 Å². The Hall–Kier alpha value is -1.49. The molecule has 0 aliphatic rings. The molecule has 0 saturated carbocycles. The molecule has 1 N–H and O–H groups in total. The van der Waals surface area contributed by atoms with Gasteiger partial charge in [-0.15, -0.1) is 0 Å². The first kappa shape index (κ1) is 11.0. The number of nitrogens with zero attached hydrogens (tertiary/aromatic N) is 1. The highest BCUT2D eigenvalue weighted by molar-refractivity contribution is 6.31. The lowest BCUT2D eigenvalue weighted by molar-refractivity contribution is -0.136. The average molecular weight is 248 g/mol. The number of hydrogen-bond donors (Lipinski definition) is 1. The van der Waals surface area contributed by atoms with Gasteiger partial charge in [0.25, 0.3) is 0 Å². The first-order valence-corrected chi connectivity index (χ1v) is 4.63. The molecule has 6 heteroatoms. The molecule has 0 bridgehead atoms. The van der Waals surface area contributed by atoms with E-state index in [2.05, 4.69) is 4.98 Å². The zero-order valence-electron chi connectivity index (χ0n) is 7.72. The normalized spacial score (nSPS) is 12.0. The van der Waals surface area contributed by atoms with Crippen molar-refractivity contribution in [3.63, 3.8) is 0 Å². The zero-order chi connectivity index (χ0) is 11.9. The van der Waals surface area contributed by atoms with Crippen LogP contribution < -0.4 is 0 Å². The van der Waals surface area contributed by atoms with Crippen LogP contribution in [-0.2, 0) is 6.18 Å². The van der Waals surface area contributed by atoms with E-state index in [4.69, 9.17) is 11.6 Å². The van der Waals surface area contributed by atoms with Crippen molar-refractivity contribution in [3.8, 4) is 5.75 Å². The minimum Gasteiger partial charge on any atom is -0.505 e. The van der Waals surface area contributed by atoms with Gasteiger partial charge < -0.3 is 5.11 Å². The summed E-state index contributed by atoms with van der Waals surface area (Å²) in [7, 11) is 0. The SMILES string of the molecule is Oc1cc2cccc(C(F)(F)F)c2nc1Cl. The molecule has 0 fully saturated rings. The highest BCUT2D eigenvalue weighted by atomic mass is 35.5. The summed E-state index contributed by atoms with van der Waals surface area (Å²) in [4.78, 5) is 3.54. The Morgan fingerprint density at radius 2 is 1.94 bits per heavy atom. The minimum absolute atomic E-state index is 0.191. The molecule has 2 rings (SSSR count). The molecule has 1 aromatic heterocycles. The molecule has 2 nitrogen and oxygen atoms in total. The van der Waals surface area contributed by atoms with Gasteiger partial charge in [-0.1, -0.05) is 23.7 Å². The van der Waals surface area contributed by atoms with E-state index in [9.17, 15) is 18.3 Å². The van der Waals surface area contributed by atoms with E-state index >= 15 is 0 Å². The average Bonchev–Trinajstić information content (AvgIpc) is 2.17. The maximum atomic E-state index is 12.6. The Bertz CT molecular complexity index is 553. The number of rotatable bonds is 0. The summed E-state index contributed by atoms with van der Waals surface area (Å²) in [6, 6.07) is 4.75. The fourth-order valence-corrected chi connectivity index (χ4v) is 1.53. The number of hydrogen-bond acceptors (Lipinski definition) is 2. The first-order valence-electron chi connectivity index (χ1n) is 4.25. The topological polar surface area (TPSA) is 33.1 Å². The van der Waals surface area contributed by atoms with Crippen LogP contribution in [0, 0.1) is 0 Å². The Morgan fingerprint density at radius 1 is 1.25 bits per heavy atom. The molecule has 0 spiro atoms. The molecule has 1 heterocycles. The Morgan fingerprint density at radius 3 is 2.56 bits per heavy atom. The van der Waals surface area contributed by atoms with Crippen LogP contribution in [0.2, 0.25) is 5.15 Å². The molecule has 0 unspecified atom stereocenters. The highest BCUT2D eigenvalue weighted by Gasteiger charge is 2.33. The van der Waals surface area contributed by atoms with Gasteiger partial charge in [0.15, 0.2) is 10.9 Å². The van der Waals surface area contributed by atoms with Crippen LogP contribution in [0.3, 0.4) is 0 Å². The van der Waals surface area contributed by atoms with Crippen molar-refractivity contribution in [1.82, 2.24) is 4.98 Å². The fourth-order valence-electron chi connectivity index (χ4n) is 1.39. The Balaban J connectivity index is 2.82. The number of pyridine rings is 1. The second-order valence-corrected chi connectivity index (χ2v) is 3.53. The third-order valence-electron chi connectivity index (χ3n) is 2.09. The number of benzene rings is 1. The van der Waals surface area contributed by atoms with Gasteiger partial charge in [-0.3, -0.25) is 0 Å².